The summed E-state index contributed by atoms with van der Waals surface area (Å²) in [6.07, 6.45) is 3.16. The molecular weight excluding hydrogens is 368 g/mol. The summed E-state index contributed by atoms with van der Waals surface area (Å²) in [6.45, 7) is 0. The molecule has 0 aliphatic carbocycles. The average Bonchev–Trinajstić information content (AvgIpc) is 2.92. The molecular formula is C15H8BrClN4O. The molecule has 1 aromatic carbocycles. The lowest BCUT2D eigenvalue weighted by atomic mass is 10.3. The summed E-state index contributed by atoms with van der Waals surface area (Å²) < 4.78 is 6.43. The van der Waals surface area contributed by atoms with Crippen molar-refractivity contribution in [2.45, 2.75) is 0 Å². The Balaban J connectivity index is 1.90. The molecule has 2 aromatic heterocycles. The molecule has 1 N–H and O–H groups in total. The summed E-state index contributed by atoms with van der Waals surface area (Å²) >= 11 is 9.22. The maximum atomic E-state index is 9.27. The van der Waals surface area contributed by atoms with Gasteiger partial charge in [-0.2, -0.15) is 5.26 Å². The van der Waals surface area contributed by atoms with E-state index in [2.05, 4.69) is 31.2 Å². The van der Waals surface area contributed by atoms with Crippen LogP contribution in [0.1, 0.15) is 5.89 Å². The van der Waals surface area contributed by atoms with E-state index in [1.165, 1.54) is 6.20 Å². The van der Waals surface area contributed by atoms with Gasteiger partial charge in [0.15, 0.2) is 5.58 Å². The zero-order valence-corrected chi connectivity index (χ0v) is 13.4. The van der Waals surface area contributed by atoms with E-state index in [-0.39, 0.29) is 11.5 Å². The Labute approximate surface area is 139 Å². The van der Waals surface area contributed by atoms with E-state index in [1.54, 1.807) is 30.5 Å². The van der Waals surface area contributed by atoms with Crippen LogP contribution in [0.4, 0.5) is 5.82 Å². The van der Waals surface area contributed by atoms with Gasteiger partial charge in [0.25, 0.3) is 0 Å². The molecule has 0 saturated heterocycles. The molecule has 0 unspecified atom stereocenters. The third-order valence-electron chi connectivity index (χ3n) is 2.79. The van der Waals surface area contributed by atoms with Gasteiger partial charge in [0.1, 0.15) is 23.0 Å². The lowest BCUT2D eigenvalue weighted by Crippen LogP contribution is -1.93. The van der Waals surface area contributed by atoms with Gasteiger partial charge in [-0.05, 0) is 46.3 Å². The van der Waals surface area contributed by atoms with E-state index >= 15 is 0 Å². The number of anilines is 1. The summed E-state index contributed by atoms with van der Waals surface area (Å²) in [5.74, 6) is 0.833. The SMILES string of the molecule is N#CC(=CNc1ccc(Br)cn1)c1nc2cc(Cl)ccc2o1. The first-order valence-corrected chi connectivity index (χ1v) is 7.37. The Hall–Kier alpha value is -2.36. The fourth-order valence-corrected chi connectivity index (χ4v) is 2.17. The molecule has 0 atom stereocenters. The second-order valence-corrected chi connectivity index (χ2v) is 5.66. The molecule has 22 heavy (non-hydrogen) atoms. The topological polar surface area (TPSA) is 74.7 Å². The van der Waals surface area contributed by atoms with Crippen molar-refractivity contribution in [2.75, 3.05) is 5.32 Å². The van der Waals surface area contributed by atoms with Crippen LogP contribution >= 0.6 is 27.5 Å². The summed E-state index contributed by atoms with van der Waals surface area (Å²) in [7, 11) is 0. The molecule has 5 nitrogen and oxygen atoms in total. The molecule has 0 bridgehead atoms. The van der Waals surface area contributed by atoms with Gasteiger partial charge >= 0.3 is 0 Å². The highest BCUT2D eigenvalue weighted by atomic mass is 79.9. The van der Waals surface area contributed by atoms with Crippen LogP contribution in [-0.2, 0) is 0 Å². The van der Waals surface area contributed by atoms with Crippen LogP contribution in [0.2, 0.25) is 5.02 Å². The number of pyridine rings is 1. The number of benzene rings is 1. The van der Waals surface area contributed by atoms with Crippen LogP contribution < -0.4 is 5.32 Å². The zero-order valence-electron chi connectivity index (χ0n) is 11.0. The molecule has 0 aliphatic rings. The quantitative estimate of drug-likeness (QED) is 0.676. The standard InChI is InChI=1S/C15H8BrClN4O/c16-10-1-4-14(20-8-10)19-7-9(6-18)15-21-12-5-11(17)2-3-13(12)22-15/h1-5,7-8H,(H,19,20). The normalized spacial score (nSPS) is 11.4. The largest absolute Gasteiger partial charge is 0.435 e. The number of hydrogen-bond donors (Lipinski definition) is 1. The number of allylic oxidation sites excluding steroid dienone is 1. The number of rotatable bonds is 3. The first-order valence-electron chi connectivity index (χ1n) is 6.20. The second kappa shape index (κ2) is 6.18. The molecule has 108 valence electrons. The lowest BCUT2D eigenvalue weighted by molar-refractivity contribution is 0.586. The van der Waals surface area contributed by atoms with E-state index in [9.17, 15) is 5.26 Å². The minimum Gasteiger partial charge on any atom is -0.435 e. The Kier molecular flexibility index (Phi) is 4.09. The Morgan fingerprint density at radius 1 is 1.36 bits per heavy atom. The van der Waals surface area contributed by atoms with Crippen LogP contribution in [0.15, 0.2) is 51.6 Å². The summed E-state index contributed by atoms with van der Waals surface area (Å²) in [6, 6.07) is 10.8. The molecule has 0 spiro atoms. The highest BCUT2D eigenvalue weighted by Gasteiger charge is 2.11. The van der Waals surface area contributed by atoms with Crippen LogP contribution in [0, 0.1) is 11.3 Å². The molecule has 0 saturated carbocycles. The molecule has 7 heteroatoms. The number of fused-ring (bicyclic) bond motifs is 1. The molecule has 3 rings (SSSR count). The molecule has 2 heterocycles. The van der Waals surface area contributed by atoms with Crippen molar-refractivity contribution in [3.8, 4) is 6.07 Å². The maximum Gasteiger partial charge on any atom is 0.239 e. The smallest absolute Gasteiger partial charge is 0.239 e. The highest BCUT2D eigenvalue weighted by Crippen LogP contribution is 2.23. The van der Waals surface area contributed by atoms with Crippen molar-refractivity contribution in [1.29, 1.82) is 5.26 Å². The summed E-state index contributed by atoms with van der Waals surface area (Å²) in [4.78, 5) is 8.41. The van der Waals surface area contributed by atoms with Crippen molar-refractivity contribution in [3.63, 3.8) is 0 Å². The van der Waals surface area contributed by atoms with E-state index in [1.807, 2.05) is 12.1 Å². The Morgan fingerprint density at radius 3 is 2.95 bits per heavy atom. The van der Waals surface area contributed by atoms with Crippen LogP contribution in [0.3, 0.4) is 0 Å². The maximum absolute atomic E-state index is 9.27. The number of oxazole rings is 1. The molecule has 0 radical (unpaired) electrons. The van der Waals surface area contributed by atoms with E-state index in [4.69, 9.17) is 16.0 Å². The lowest BCUT2D eigenvalue weighted by Gasteiger charge is -1.99. The molecule has 0 fully saturated rings. The van der Waals surface area contributed by atoms with Gasteiger partial charge in [-0.3, -0.25) is 0 Å². The van der Waals surface area contributed by atoms with Gasteiger partial charge in [-0.25, -0.2) is 9.97 Å². The number of hydrogen-bond acceptors (Lipinski definition) is 5. The van der Waals surface area contributed by atoms with Crippen molar-refractivity contribution < 1.29 is 4.42 Å². The highest BCUT2D eigenvalue weighted by molar-refractivity contribution is 9.10. The van der Waals surface area contributed by atoms with Gasteiger partial charge in [0.05, 0.1) is 0 Å². The monoisotopic (exact) mass is 374 g/mol. The fourth-order valence-electron chi connectivity index (χ4n) is 1.76. The number of nitrogens with one attached hydrogen (secondary N) is 1. The second-order valence-electron chi connectivity index (χ2n) is 4.31. The first kappa shape index (κ1) is 14.6. The first-order chi connectivity index (χ1) is 10.7. The summed E-state index contributed by atoms with van der Waals surface area (Å²) in [5, 5.41) is 12.8. The van der Waals surface area contributed by atoms with Gasteiger partial charge in [-0.15, -0.1) is 0 Å². The number of nitriles is 1. The number of aromatic nitrogens is 2. The van der Waals surface area contributed by atoms with Gasteiger partial charge in [0, 0.05) is 21.9 Å². The fraction of sp³-hybridized carbons (Fsp3) is 0. The van der Waals surface area contributed by atoms with Crippen LogP contribution in [0.5, 0.6) is 0 Å². The molecule has 0 amide bonds. The van der Waals surface area contributed by atoms with Crippen LogP contribution in [-0.4, -0.2) is 9.97 Å². The van der Waals surface area contributed by atoms with Crippen molar-refractivity contribution in [3.05, 3.63) is 58.1 Å². The van der Waals surface area contributed by atoms with E-state index in [0.717, 1.165) is 4.47 Å². The predicted octanol–water partition coefficient (Wildman–Crippen LogP) is 4.62. The predicted molar refractivity (Wildman–Crippen MR) is 88.2 cm³/mol. The van der Waals surface area contributed by atoms with Gasteiger partial charge in [-0.1, -0.05) is 11.6 Å². The third-order valence-corrected chi connectivity index (χ3v) is 3.50. The Bertz CT molecular complexity index is 896. The molecule has 3 aromatic rings. The third kappa shape index (κ3) is 3.11. The van der Waals surface area contributed by atoms with E-state index < -0.39 is 0 Å². The summed E-state index contributed by atoms with van der Waals surface area (Å²) in [5.41, 5.74) is 1.43. The molecule has 0 aliphatic heterocycles. The van der Waals surface area contributed by atoms with E-state index in [0.29, 0.717) is 21.9 Å². The van der Waals surface area contributed by atoms with Crippen molar-refractivity contribution in [2.24, 2.45) is 0 Å². The minimum atomic E-state index is 0.226. The van der Waals surface area contributed by atoms with Crippen molar-refractivity contribution >= 4 is 50.0 Å². The minimum absolute atomic E-state index is 0.226. The number of halogens is 2. The average molecular weight is 376 g/mol. The zero-order chi connectivity index (χ0) is 15.5. The van der Waals surface area contributed by atoms with Crippen molar-refractivity contribution in [1.82, 2.24) is 9.97 Å². The Morgan fingerprint density at radius 2 is 2.23 bits per heavy atom. The number of nitrogens with zero attached hydrogens (tertiary/aromatic N) is 3. The van der Waals surface area contributed by atoms with Gasteiger partial charge in [0.2, 0.25) is 5.89 Å². The van der Waals surface area contributed by atoms with Crippen LogP contribution in [0.25, 0.3) is 16.7 Å². The van der Waals surface area contributed by atoms with Gasteiger partial charge < -0.3 is 9.73 Å².